The Balaban J connectivity index is 3.90. The molecule has 2 unspecified atom stereocenters. The molecule has 0 saturated heterocycles. The van der Waals surface area contributed by atoms with Gasteiger partial charge in [-0.3, -0.25) is 9.59 Å². The van der Waals surface area contributed by atoms with Crippen LogP contribution < -0.4 is 5.32 Å². The van der Waals surface area contributed by atoms with Crippen molar-refractivity contribution in [1.82, 2.24) is 5.32 Å². The second-order valence-electron chi connectivity index (χ2n) is 6.61. The van der Waals surface area contributed by atoms with Crippen LogP contribution in [0.3, 0.4) is 0 Å². The van der Waals surface area contributed by atoms with Crippen molar-refractivity contribution in [3.05, 3.63) is 0 Å². The van der Waals surface area contributed by atoms with Gasteiger partial charge >= 0.3 is 11.9 Å². The van der Waals surface area contributed by atoms with E-state index in [0.29, 0.717) is 0 Å². The zero-order chi connectivity index (χ0) is 18.4. The topological polar surface area (TPSA) is 104 Å². The number of carbonyl (C=O) groups excluding carboxylic acids is 1. The molecule has 0 fully saturated rings. The average molecular weight is 343 g/mol. The number of carbonyl (C=O) groups is 3. The minimum Gasteiger partial charge on any atom is -0.481 e. The van der Waals surface area contributed by atoms with Gasteiger partial charge in [0.05, 0.1) is 0 Å². The number of rotatable bonds is 15. The molecule has 0 spiro atoms. The van der Waals surface area contributed by atoms with Crippen LogP contribution in [0.1, 0.15) is 84.5 Å². The molecule has 0 aliphatic heterocycles. The highest BCUT2D eigenvalue weighted by atomic mass is 16.4. The highest BCUT2D eigenvalue weighted by molar-refractivity contribution is 5.84. The lowest BCUT2D eigenvalue weighted by Crippen LogP contribution is -2.41. The summed E-state index contributed by atoms with van der Waals surface area (Å²) >= 11 is 0. The van der Waals surface area contributed by atoms with Crippen molar-refractivity contribution in [3.8, 4) is 0 Å². The predicted molar refractivity (Wildman–Crippen MR) is 92.8 cm³/mol. The van der Waals surface area contributed by atoms with Crippen LogP contribution in [0.25, 0.3) is 0 Å². The van der Waals surface area contributed by atoms with E-state index in [1.165, 1.54) is 38.5 Å². The van der Waals surface area contributed by atoms with Gasteiger partial charge in [-0.05, 0) is 12.3 Å². The third-order valence-corrected chi connectivity index (χ3v) is 4.11. The van der Waals surface area contributed by atoms with Crippen molar-refractivity contribution in [1.29, 1.82) is 0 Å². The lowest BCUT2D eigenvalue weighted by molar-refractivity contribution is -0.143. The largest absolute Gasteiger partial charge is 0.481 e. The minimum absolute atomic E-state index is 0.0947. The molecule has 0 aromatic rings. The van der Waals surface area contributed by atoms with Crippen molar-refractivity contribution in [2.75, 3.05) is 0 Å². The molecule has 0 saturated carbocycles. The Morgan fingerprint density at radius 1 is 0.917 bits per heavy atom. The smallest absolute Gasteiger partial charge is 0.326 e. The Morgan fingerprint density at radius 3 is 2.04 bits per heavy atom. The van der Waals surface area contributed by atoms with Gasteiger partial charge in [0, 0.05) is 12.8 Å². The van der Waals surface area contributed by atoms with E-state index in [2.05, 4.69) is 12.2 Å². The Bertz CT molecular complexity index is 384. The van der Waals surface area contributed by atoms with Crippen LogP contribution in [0.2, 0.25) is 0 Å². The minimum atomic E-state index is -1.19. The number of carboxylic acids is 2. The summed E-state index contributed by atoms with van der Waals surface area (Å²) in [6, 6.07) is -1.13. The lowest BCUT2D eigenvalue weighted by atomic mass is 9.98. The van der Waals surface area contributed by atoms with E-state index in [-0.39, 0.29) is 31.1 Å². The van der Waals surface area contributed by atoms with Crippen LogP contribution in [-0.4, -0.2) is 34.1 Å². The van der Waals surface area contributed by atoms with Gasteiger partial charge in [0.2, 0.25) is 5.91 Å². The van der Waals surface area contributed by atoms with Crippen LogP contribution in [0.4, 0.5) is 0 Å². The van der Waals surface area contributed by atoms with Gasteiger partial charge in [-0.1, -0.05) is 65.2 Å². The first-order valence-corrected chi connectivity index (χ1v) is 9.10. The van der Waals surface area contributed by atoms with Crippen molar-refractivity contribution in [2.45, 2.75) is 90.5 Å². The van der Waals surface area contributed by atoms with Crippen LogP contribution >= 0.6 is 0 Å². The molecular formula is C18H33NO5. The first-order valence-electron chi connectivity index (χ1n) is 9.10. The quantitative estimate of drug-likeness (QED) is 0.394. The van der Waals surface area contributed by atoms with E-state index in [4.69, 9.17) is 10.2 Å². The summed E-state index contributed by atoms with van der Waals surface area (Å²) in [6.07, 6.45) is 9.46. The fraction of sp³-hybridized carbons (Fsp3) is 0.833. The van der Waals surface area contributed by atoms with Crippen LogP contribution in [-0.2, 0) is 14.4 Å². The molecule has 0 aromatic heterocycles. The molecular weight excluding hydrogens is 310 g/mol. The fourth-order valence-corrected chi connectivity index (χ4v) is 2.65. The van der Waals surface area contributed by atoms with E-state index in [1.807, 2.05) is 6.92 Å². The number of aliphatic carboxylic acids is 2. The lowest BCUT2D eigenvalue weighted by Gasteiger charge is -2.16. The Labute approximate surface area is 145 Å². The molecule has 6 nitrogen and oxygen atoms in total. The summed E-state index contributed by atoms with van der Waals surface area (Å²) in [7, 11) is 0. The van der Waals surface area contributed by atoms with Crippen molar-refractivity contribution in [2.24, 2.45) is 5.92 Å². The SMILES string of the molecule is CCCCCCCCCC(C)CC(=O)NC(CCC(=O)O)C(=O)O. The molecule has 24 heavy (non-hydrogen) atoms. The van der Waals surface area contributed by atoms with Crippen molar-refractivity contribution >= 4 is 17.8 Å². The molecule has 140 valence electrons. The second kappa shape index (κ2) is 13.8. The molecule has 0 rings (SSSR count). The molecule has 0 aliphatic carbocycles. The molecule has 6 heteroatoms. The van der Waals surface area contributed by atoms with Gasteiger partial charge in [0.25, 0.3) is 0 Å². The average Bonchev–Trinajstić information content (AvgIpc) is 2.50. The van der Waals surface area contributed by atoms with Gasteiger partial charge < -0.3 is 15.5 Å². The standard InChI is InChI=1S/C18H33NO5/c1-3-4-5-6-7-8-9-10-14(2)13-16(20)19-15(18(23)24)11-12-17(21)22/h14-15H,3-13H2,1-2H3,(H,19,20)(H,21,22)(H,23,24). The number of amides is 1. The summed E-state index contributed by atoms with van der Waals surface area (Å²) < 4.78 is 0. The second-order valence-corrected chi connectivity index (χ2v) is 6.61. The zero-order valence-electron chi connectivity index (χ0n) is 15.1. The normalized spacial score (nSPS) is 13.2. The summed E-state index contributed by atoms with van der Waals surface area (Å²) in [4.78, 5) is 33.5. The van der Waals surface area contributed by atoms with Crippen LogP contribution in [0.15, 0.2) is 0 Å². The Morgan fingerprint density at radius 2 is 1.50 bits per heavy atom. The Hall–Kier alpha value is -1.59. The molecule has 0 aromatic carbocycles. The fourth-order valence-electron chi connectivity index (χ4n) is 2.65. The first kappa shape index (κ1) is 22.4. The number of unbranched alkanes of at least 4 members (excludes halogenated alkanes) is 6. The van der Waals surface area contributed by atoms with Gasteiger partial charge in [0.1, 0.15) is 6.04 Å². The van der Waals surface area contributed by atoms with Gasteiger partial charge in [0.15, 0.2) is 0 Å². The Kier molecular flexibility index (Phi) is 12.9. The van der Waals surface area contributed by atoms with E-state index in [0.717, 1.165) is 12.8 Å². The van der Waals surface area contributed by atoms with Crippen LogP contribution in [0.5, 0.6) is 0 Å². The summed E-state index contributed by atoms with van der Waals surface area (Å²) in [5, 5.41) is 20.1. The summed E-state index contributed by atoms with van der Waals surface area (Å²) in [6.45, 7) is 4.19. The monoisotopic (exact) mass is 343 g/mol. The van der Waals surface area contributed by atoms with E-state index in [1.54, 1.807) is 0 Å². The highest BCUT2D eigenvalue weighted by Gasteiger charge is 2.21. The van der Waals surface area contributed by atoms with E-state index in [9.17, 15) is 14.4 Å². The highest BCUT2D eigenvalue weighted by Crippen LogP contribution is 2.15. The number of hydrogen-bond donors (Lipinski definition) is 3. The van der Waals surface area contributed by atoms with Crippen LogP contribution in [0, 0.1) is 5.92 Å². The molecule has 0 heterocycles. The first-order chi connectivity index (χ1) is 11.4. The maximum Gasteiger partial charge on any atom is 0.326 e. The molecule has 0 bridgehead atoms. The van der Waals surface area contributed by atoms with E-state index < -0.39 is 18.0 Å². The number of carboxylic acid groups (broad SMARTS) is 2. The van der Waals surface area contributed by atoms with Gasteiger partial charge in [-0.2, -0.15) is 0 Å². The maximum absolute atomic E-state index is 11.9. The number of nitrogens with one attached hydrogen (secondary N) is 1. The summed E-state index contributed by atoms with van der Waals surface area (Å²) in [5.41, 5.74) is 0. The van der Waals surface area contributed by atoms with Gasteiger partial charge in [-0.15, -0.1) is 0 Å². The van der Waals surface area contributed by atoms with Crippen molar-refractivity contribution in [3.63, 3.8) is 0 Å². The maximum atomic E-state index is 11.9. The number of hydrogen-bond acceptors (Lipinski definition) is 3. The molecule has 0 aliphatic rings. The van der Waals surface area contributed by atoms with Gasteiger partial charge in [-0.25, -0.2) is 4.79 Å². The third kappa shape index (κ3) is 12.9. The molecule has 1 amide bonds. The molecule has 0 radical (unpaired) electrons. The molecule has 2 atom stereocenters. The third-order valence-electron chi connectivity index (χ3n) is 4.11. The van der Waals surface area contributed by atoms with Crippen molar-refractivity contribution < 1.29 is 24.6 Å². The van der Waals surface area contributed by atoms with E-state index >= 15 is 0 Å². The predicted octanol–water partition coefficient (Wildman–Crippen LogP) is 3.59. The summed E-state index contributed by atoms with van der Waals surface area (Å²) in [5.74, 6) is -2.37. The molecule has 3 N–H and O–H groups in total. The zero-order valence-corrected chi connectivity index (χ0v) is 15.1.